The maximum Gasteiger partial charge on any atom is 0.0897 e. The van der Waals surface area contributed by atoms with Crippen LogP contribution in [0.4, 0.5) is 0 Å². The molecule has 2 nitrogen and oxygen atoms in total. The average Bonchev–Trinajstić information content (AvgIpc) is 2.74. The quantitative estimate of drug-likeness (QED) is 0.892. The summed E-state index contributed by atoms with van der Waals surface area (Å²) in [6.07, 6.45) is 3.04. The van der Waals surface area contributed by atoms with Gasteiger partial charge in [0.1, 0.15) is 0 Å². The van der Waals surface area contributed by atoms with Gasteiger partial charge in [0.25, 0.3) is 0 Å². The molecule has 1 unspecified atom stereocenters. The Labute approximate surface area is 119 Å². The van der Waals surface area contributed by atoms with Crippen LogP contribution in [0.1, 0.15) is 39.5 Å². The second kappa shape index (κ2) is 6.31. The molecule has 1 N–H and O–H groups in total. The topological polar surface area (TPSA) is 24.9 Å². The van der Waals surface area contributed by atoms with E-state index in [9.17, 15) is 0 Å². The minimum atomic E-state index is 0.373. The molecule has 0 amide bonds. The smallest absolute Gasteiger partial charge is 0.0897 e. The van der Waals surface area contributed by atoms with Gasteiger partial charge in [-0.1, -0.05) is 36.2 Å². The van der Waals surface area contributed by atoms with Gasteiger partial charge in [0.2, 0.25) is 0 Å². The summed E-state index contributed by atoms with van der Waals surface area (Å²) in [6, 6.07) is 7.16. The maximum atomic E-state index is 4.38. The van der Waals surface area contributed by atoms with Crippen molar-refractivity contribution in [1.82, 2.24) is 10.3 Å². The van der Waals surface area contributed by atoms with E-state index in [1.165, 1.54) is 21.6 Å². The third-order valence-electron chi connectivity index (χ3n) is 3.15. The van der Waals surface area contributed by atoms with E-state index in [1.807, 2.05) is 6.20 Å². The number of benzene rings is 1. The molecule has 1 heterocycles. The van der Waals surface area contributed by atoms with Gasteiger partial charge in [-0.25, -0.2) is 4.98 Å². The van der Waals surface area contributed by atoms with Crippen LogP contribution in [0.2, 0.25) is 0 Å². The molecule has 3 heteroatoms. The molecule has 1 aromatic carbocycles. The zero-order chi connectivity index (χ0) is 13.8. The number of hydrogen-bond donors (Lipinski definition) is 1. The second-order valence-electron chi connectivity index (χ2n) is 5.09. The van der Waals surface area contributed by atoms with E-state index >= 15 is 0 Å². The van der Waals surface area contributed by atoms with Gasteiger partial charge in [-0.2, -0.15) is 0 Å². The monoisotopic (exact) mass is 274 g/mol. The normalized spacial score (nSPS) is 12.6. The van der Waals surface area contributed by atoms with Gasteiger partial charge < -0.3 is 5.32 Å². The SMILES string of the molecule is CCNC(Cc1cc(C)cc(C)c1)c1cnc(C)s1. The van der Waals surface area contributed by atoms with Gasteiger partial charge >= 0.3 is 0 Å². The summed E-state index contributed by atoms with van der Waals surface area (Å²) < 4.78 is 0. The van der Waals surface area contributed by atoms with Crippen molar-refractivity contribution in [2.75, 3.05) is 6.54 Å². The molecule has 1 atom stereocenters. The highest BCUT2D eigenvalue weighted by Gasteiger charge is 2.14. The van der Waals surface area contributed by atoms with Crippen LogP contribution >= 0.6 is 11.3 Å². The summed E-state index contributed by atoms with van der Waals surface area (Å²) in [5.41, 5.74) is 4.07. The molecule has 0 spiro atoms. The van der Waals surface area contributed by atoms with Crippen molar-refractivity contribution in [3.63, 3.8) is 0 Å². The van der Waals surface area contributed by atoms with E-state index in [-0.39, 0.29) is 0 Å². The van der Waals surface area contributed by atoms with Crippen molar-refractivity contribution in [2.45, 2.75) is 40.2 Å². The molecule has 19 heavy (non-hydrogen) atoms. The van der Waals surface area contributed by atoms with E-state index < -0.39 is 0 Å². The number of thiazole rings is 1. The molecule has 0 bridgehead atoms. The fourth-order valence-electron chi connectivity index (χ4n) is 2.48. The number of hydrogen-bond acceptors (Lipinski definition) is 3. The van der Waals surface area contributed by atoms with Crippen molar-refractivity contribution < 1.29 is 0 Å². The zero-order valence-corrected chi connectivity index (χ0v) is 13.0. The maximum absolute atomic E-state index is 4.38. The van der Waals surface area contributed by atoms with Crippen LogP contribution in [0, 0.1) is 20.8 Å². The minimum absolute atomic E-state index is 0.373. The molecule has 0 saturated heterocycles. The first-order valence-corrected chi connectivity index (χ1v) is 7.63. The Kier molecular flexibility index (Phi) is 4.72. The van der Waals surface area contributed by atoms with E-state index in [0.717, 1.165) is 18.0 Å². The van der Waals surface area contributed by atoms with Gasteiger partial charge in [-0.3, -0.25) is 0 Å². The lowest BCUT2D eigenvalue weighted by atomic mass is 10.0. The molecule has 0 aliphatic rings. The average molecular weight is 274 g/mol. The molecule has 0 aliphatic heterocycles. The highest BCUT2D eigenvalue weighted by Crippen LogP contribution is 2.24. The number of rotatable bonds is 5. The third kappa shape index (κ3) is 3.88. The largest absolute Gasteiger partial charge is 0.309 e. The van der Waals surface area contributed by atoms with Crippen LogP contribution in [-0.4, -0.2) is 11.5 Å². The third-order valence-corrected chi connectivity index (χ3v) is 4.18. The fraction of sp³-hybridized carbons (Fsp3) is 0.438. The number of likely N-dealkylation sites (N-methyl/N-ethyl adjacent to an activating group) is 1. The summed E-state index contributed by atoms with van der Waals surface area (Å²) in [4.78, 5) is 5.71. The molecule has 2 aromatic rings. The number of aromatic nitrogens is 1. The summed E-state index contributed by atoms with van der Waals surface area (Å²) in [5.74, 6) is 0. The predicted octanol–water partition coefficient (Wildman–Crippen LogP) is 3.96. The van der Waals surface area contributed by atoms with Crippen LogP contribution in [0.25, 0.3) is 0 Å². The first-order chi connectivity index (χ1) is 9.08. The van der Waals surface area contributed by atoms with Crippen LogP contribution < -0.4 is 5.32 Å². The first-order valence-electron chi connectivity index (χ1n) is 6.81. The Morgan fingerprint density at radius 1 is 1.16 bits per heavy atom. The first kappa shape index (κ1) is 14.2. The highest BCUT2D eigenvalue weighted by atomic mass is 32.1. The second-order valence-corrected chi connectivity index (χ2v) is 6.36. The Morgan fingerprint density at radius 2 is 1.84 bits per heavy atom. The molecule has 0 radical (unpaired) electrons. The summed E-state index contributed by atoms with van der Waals surface area (Å²) in [6.45, 7) is 9.52. The molecular weight excluding hydrogens is 252 g/mol. The Hall–Kier alpha value is -1.19. The van der Waals surface area contributed by atoms with E-state index in [1.54, 1.807) is 11.3 Å². The summed E-state index contributed by atoms with van der Waals surface area (Å²) in [5, 5.41) is 4.71. The number of nitrogens with one attached hydrogen (secondary N) is 1. The molecule has 0 saturated carbocycles. The fourth-order valence-corrected chi connectivity index (χ4v) is 3.34. The highest BCUT2D eigenvalue weighted by molar-refractivity contribution is 7.11. The Bertz CT molecular complexity index is 525. The molecule has 102 valence electrons. The van der Waals surface area contributed by atoms with Crippen molar-refractivity contribution >= 4 is 11.3 Å². The van der Waals surface area contributed by atoms with Crippen LogP contribution in [0.5, 0.6) is 0 Å². The standard InChI is InChI=1S/C16H22N2S/c1-5-17-15(16-10-18-13(4)19-16)9-14-7-11(2)6-12(3)8-14/h6-8,10,15,17H,5,9H2,1-4H3. The molecule has 0 fully saturated rings. The Balaban J connectivity index is 2.20. The van der Waals surface area contributed by atoms with Gasteiger partial charge in [-0.05, 0) is 39.3 Å². The van der Waals surface area contributed by atoms with Crippen molar-refractivity contribution in [1.29, 1.82) is 0 Å². The van der Waals surface area contributed by atoms with Gasteiger partial charge in [0, 0.05) is 17.1 Å². The molecular formula is C16H22N2S. The van der Waals surface area contributed by atoms with E-state index in [2.05, 4.69) is 56.2 Å². The summed E-state index contributed by atoms with van der Waals surface area (Å²) in [7, 11) is 0. The Morgan fingerprint density at radius 3 is 2.37 bits per heavy atom. The lowest BCUT2D eigenvalue weighted by molar-refractivity contribution is 0.557. The number of aryl methyl sites for hydroxylation is 3. The molecule has 2 rings (SSSR count). The van der Waals surface area contributed by atoms with Crippen molar-refractivity contribution in [3.05, 3.63) is 51.0 Å². The minimum Gasteiger partial charge on any atom is -0.309 e. The van der Waals surface area contributed by atoms with Gasteiger partial charge in [0.05, 0.1) is 5.01 Å². The van der Waals surface area contributed by atoms with Gasteiger partial charge in [-0.15, -0.1) is 11.3 Å². The van der Waals surface area contributed by atoms with Crippen molar-refractivity contribution in [3.8, 4) is 0 Å². The van der Waals surface area contributed by atoms with E-state index in [4.69, 9.17) is 0 Å². The van der Waals surface area contributed by atoms with Crippen molar-refractivity contribution in [2.24, 2.45) is 0 Å². The van der Waals surface area contributed by atoms with E-state index in [0.29, 0.717) is 6.04 Å². The van der Waals surface area contributed by atoms with Crippen LogP contribution in [0.15, 0.2) is 24.4 Å². The zero-order valence-electron chi connectivity index (χ0n) is 12.2. The van der Waals surface area contributed by atoms with Crippen LogP contribution in [-0.2, 0) is 6.42 Å². The lowest BCUT2D eigenvalue weighted by Gasteiger charge is -2.16. The van der Waals surface area contributed by atoms with Gasteiger partial charge in [0.15, 0.2) is 0 Å². The lowest BCUT2D eigenvalue weighted by Crippen LogP contribution is -2.22. The predicted molar refractivity (Wildman–Crippen MR) is 82.9 cm³/mol. The molecule has 0 aliphatic carbocycles. The summed E-state index contributed by atoms with van der Waals surface area (Å²) >= 11 is 1.79. The molecule has 1 aromatic heterocycles. The number of nitrogens with zero attached hydrogens (tertiary/aromatic N) is 1. The van der Waals surface area contributed by atoms with Crippen LogP contribution in [0.3, 0.4) is 0 Å².